The summed E-state index contributed by atoms with van der Waals surface area (Å²) in [6.07, 6.45) is 6.63. The van der Waals surface area contributed by atoms with Gasteiger partial charge in [0.15, 0.2) is 0 Å². The summed E-state index contributed by atoms with van der Waals surface area (Å²) >= 11 is 7.14. The van der Waals surface area contributed by atoms with Crippen LogP contribution in [0, 0.1) is 0 Å². The lowest BCUT2D eigenvalue weighted by atomic mass is 10.0. The van der Waals surface area contributed by atoms with Crippen molar-refractivity contribution >= 4 is 37.8 Å². The van der Waals surface area contributed by atoms with E-state index in [1.54, 1.807) is 13.3 Å². The number of piperidine rings is 1. The SMILES string of the molecule is COc1nc(N2C3CCC2CC(Br)C3)ncc1Br. The number of hydrogen-bond acceptors (Lipinski definition) is 4. The largest absolute Gasteiger partial charge is 0.480 e. The highest BCUT2D eigenvalue weighted by atomic mass is 79.9. The van der Waals surface area contributed by atoms with Gasteiger partial charge < -0.3 is 9.64 Å². The average Bonchev–Trinajstić information content (AvgIpc) is 2.63. The van der Waals surface area contributed by atoms with E-state index in [1.807, 2.05) is 0 Å². The Morgan fingerprint density at radius 1 is 1.33 bits per heavy atom. The third-order valence-electron chi connectivity index (χ3n) is 3.80. The second kappa shape index (κ2) is 4.96. The van der Waals surface area contributed by atoms with Gasteiger partial charge in [-0.05, 0) is 41.6 Å². The van der Waals surface area contributed by atoms with Crippen molar-refractivity contribution in [1.29, 1.82) is 0 Å². The van der Waals surface area contributed by atoms with Crippen molar-refractivity contribution < 1.29 is 4.74 Å². The highest BCUT2D eigenvalue weighted by Gasteiger charge is 2.41. The molecule has 6 heteroatoms. The second-order valence-corrected chi connectivity index (χ2v) is 7.04. The van der Waals surface area contributed by atoms with Gasteiger partial charge in [-0.2, -0.15) is 4.98 Å². The molecule has 0 N–H and O–H groups in total. The van der Waals surface area contributed by atoms with Gasteiger partial charge in [0, 0.05) is 16.9 Å². The molecule has 98 valence electrons. The number of methoxy groups -OCH3 is 1. The maximum atomic E-state index is 5.25. The van der Waals surface area contributed by atoms with Crippen LogP contribution in [0.25, 0.3) is 0 Å². The van der Waals surface area contributed by atoms with Crippen LogP contribution in [0.4, 0.5) is 5.95 Å². The minimum Gasteiger partial charge on any atom is -0.480 e. The van der Waals surface area contributed by atoms with E-state index in [0.29, 0.717) is 22.8 Å². The Hall–Kier alpha value is -0.360. The van der Waals surface area contributed by atoms with Crippen molar-refractivity contribution in [3.63, 3.8) is 0 Å². The molecule has 1 aromatic heterocycles. The van der Waals surface area contributed by atoms with E-state index in [0.717, 1.165) is 10.4 Å². The predicted molar refractivity (Wildman–Crippen MR) is 77.5 cm³/mol. The van der Waals surface area contributed by atoms with Gasteiger partial charge in [0.1, 0.15) is 0 Å². The molecule has 18 heavy (non-hydrogen) atoms. The topological polar surface area (TPSA) is 38.2 Å². The summed E-state index contributed by atoms with van der Waals surface area (Å²) in [6.45, 7) is 0. The van der Waals surface area contributed by atoms with Crippen LogP contribution in [0.2, 0.25) is 0 Å². The van der Waals surface area contributed by atoms with E-state index < -0.39 is 0 Å². The summed E-state index contributed by atoms with van der Waals surface area (Å²) < 4.78 is 6.06. The third kappa shape index (κ3) is 2.13. The van der Waals surface area contributed by atoms with Gasteiger partial charge in [0.2, 0.25) is 11.8 Å². The molecule has 0 amide bonds. The number of rotatable bonds is 2. The van der Waals surface area contributed by atoms with Crippen molar-refractivity contribution in [2.75, 3.05) is 12.0 Å². The number of fused-ring (bicyclic) bond motifs is 2. The first-order valence-electron chi connectivity index (χ1n) is 6.18. The molecule has 3 heterocycles. The van der Waals surface area contributed by atoms with E-state index in [9.17, 15) is 0 Å². The van der Waals surface area contributed by atoms with Gasteiger partial charge in [-0.3, -0.25) is 0 Å². The van der Waals surface area contributed by atoms with Crippen molar-refractivity contribution in [1.82, 2.24) is 9.97 Å². The number of ether oxygens (including phenoxy) is 1. The number of anilines is 1. The molecule has 0 saturated carbocycles. The maximum Gasteiger partial charge on any atom is 0.232 e. The predicted octanol–water partition coefficient (Wildman–Crippen LogP) is 3.14. The normalized spacial score (nSPS) is 30.6. The summed E-state index contributed by atoms with van der Waals surface area (Å²) in [4.78, 5) is 12.0. The van der Waals surface area contributed by atoms with Crippen molar-refractivity contribution in [2.45, 2.75) is 42.6 Å². The number of aromatic nitrogens is 2. The molecule has 0 radical (unpaired) electrons. The van der Waals surface area contributed by atoms with Crippen LogP contribution < -0.4 is 9.64 Å². The monoisotopic (exact) mass is 375 g/mol. The third-order valence-corrected chi connectivity index (χ3v) is 5.09. The zero-order valence-electron chi connectivity index (χ0n) is 10.1. The molecule has 2 bridgehead atoms. The molecule has 1 aromatic rings. The van der Waals surface area contributed by atoms with Crippen molar-refractivity contribution in [3.05, 3.63) is 10.7 Å². The van der Waals surface area contributed by atoms with Crippen LogP contribution >= 0.6 is 31.9 Å². The fourth-order valence-corrected chi connectivity index (χ4v) is 4.26. The molecule has 2 atom stereocenters. The van der Waals surface area contributed by atoms with E-state index >= 15 is 0 Å². The van der Waals surface area contributed by atoms with Gasteiger partial charge in [-0.25, -0.2) is 4.98 Å². The molecular weight excluding hydrogens is 362 g/mol. The van der Waals surface area contributed by atoms with Gasteiger partial charge in [-0.15, -0.1) is 0 Å². The lowest BCUT2D eigenvalue weighted by Gasteiger charge is -2.37. The molecule has 2 aliphatic rings. The molecule has 2 saturated heterocycles. The quantitative estimate of drug-likeness (QED) is 0.743. The van der Waals surface area contributed by atoms with Crippen LogP contribution in [-0.2, 0) is 0 Å². The van der Waals surface area contributed by atoms with Gasteiger partial charge in [-0.1, -0.05) is 15.9 Å². The summed E-state index contributed by atoms with van der Waals surface area (Å²) in [5.41, 5.74) is 0. The Bertz CT molecular complexity index is 443. The van der Waals surface area contributed by atoms with Crippen LogP contribution in [0.1, 0.15) is 25.7 Å². The first-order chi connectivity index (χ1) is 8.69. The zero-order valence-corrected chi connectivity index (χ0v) is 13.3. The van der Waals surface area contributed by atoms with Crippen LogP contribution in [0.15, 0.2) is 10.7 Å². The Kier molecular flexibility index (Phi) is 3.49. The molecule has 2 unspecified atom stereocenters. The highest BCUT2D eigenvalue weighted by molar-refractivity contribution is 9.10. The fraction of sp³-hybridized carbons (Fsp3) is 0.667. The van der Waals surface area contributed by atoms with Crippen molar-refractivity contribution in [3.8, 4) is 5.88 Å². The molecular formula is C12H15Br2N3O. The van der Waals surface area contributed by atoms with E-state index in [-0.39, 0.29) is 0 Å². The van der Waals surface area contributed by atoms with Crippen molar-refractivity contribution in [2.24, 2.45) is 0 Å². The second-order valence-electron chi connectivity index (χ2n) is 4.89. The smallest absolute Gasteiger partial charge is 0.232 e. The number of alkyl halides is 1. The Morgan fingerprint density at radius 3 is 2.61 bits per heavy atom. The molecule has 2 fully saturated rings. The van der Waals surface area contributed by atoms with Crippen LogP contribution in [0.3, 0.4) is 0 Å². The summed E-state index contributed by atoms with van der Waals surface area (Å²) in [5.74, 6) is 1.42. The number of hydrogen-bond donors (Lipinski definition) is 0. The van der Waals surface area contributed by atoms with E-state index in [1.165, 1.54) is 25.7 Å². The number of halogens is 2. The lowest BCUT2D eigenvalue weighted by Crippen LogP contribution is -2.44. The lowest BCUT2D eigenvalue weighted by molar-refractivity contribution is 0.391. The Labute approximate surface area is 123 Å². The summed E-state index contributed by atoms with van der Waals surface area (Å²) in [6, 6.07) is 1.14. The molecule has 0 aromatic carbocycles. The highest BCUT2D eigenvalue weighted by Crippen LogP contribution is 2.40. The fourth-order valence-electron chi connectivity index (χ4n) is 3.05. The molecule has 0 spiro atoms. The minimum absolute atomic E-state index is 0.569. The van der Waals surface area contributed by atoms with Gasteiger partial charge in [0.05, 0.1) is 17.8 Å². The van der Waals surface area contributed by atoms with E-state index in [4.69, 9.17) is 4.74 Å². The van der Waals surface area contributed by atoms with Crippen LogP contribution in [0.5, 0.6) is 5.88 Å². The number of nitrogens with zero attached hydrogens (tertiary/aromatic N) is 3. The molecule has 3 rings (SSSR count). The Balaban J connectivity index is 1.91. The van der Waals surface area contributed by atoms with Crippen LogP contribution in [-0.4, -0.2) is 34.0 Å². The maximum absolute atomic E-state index is 5.25. The summed E-state index contributed by atoms with van der Waals surface area (Å²) in [5, 5.41) is 0. The molecule has 2 aliphatic heterocycles. The Morgan fingerprint density at radius 2 is 2.00 bits per heavy atom. The van der Waals surface area contributed by atoms with E-state index in [2.05, 4.69) is 46.7 Å². The first-order valence-corrected chi connectivity index (χ1v) is 7.89. The average molecular weight is 377 g/mol. The standard InChI is InChI=1S/C12H15Br2N3O/c1-18-11-10(14)6-15-12(16-11)17-8-2-3-9(17)5-7(13)4-8/h6-9H,2-5H2,1H3. The minimum atomic E-state index is 0.569. The summed E-state index contributed by atoms with van der Waals surface area (Å²) in [7, 11) is 1.64. The first kappa shape index (κ1) is 12.7. The van der Waals surface area contributed by atoms with Gasteiger partial charge >= 0.3 is 0 Å². The molecule has 0 aliphatic carbocycles. The zero-order chi connectivity index (χ0) is 12.7. The molecule has 4 nitrogen and oxygen atoms in total. The van der Waals surface area contributed by atoms with Gasteiger partial charge in [0.25, 0.3) is 0 Å².